The number of hydrogen-bond donors (Lipinski definition) is 2. The summed E-state index contributed by atoms with van der Waals surface area (Å²) in [5, 5.41) is 3.90. The number of carbonyl (C=O) groups excluding carboxylic acids is 1. The summed E-state index contributed by atoms with van der Waals surface area (Å²) in [7, 11) is 0. The van der Waals surface area contributed by atoms with Crippen molar-refractivity contribution in [3.05, 3.63) is 89.1 Å². The molecule has 0 radical (unpaired) electrons. The number of aryl methyl sites for hydroxylation is 2. The summed E-state index contributed by atoms with van der Waals surface area (Å²) in [4.78, 5) is 15.7. The van der Waals surface area contributed by atoms with Gasteiger partial charge in [0.1, 0.15) is 5.82 Å². The Hall–Kier alpha value is -3.34. The smallest absolute Gasteiger partial charge is 0.251 e. The van der Waals surface area contributed by atoms with Crippen LogP contribution in [0.4, 0.5) is 4.39 Å². The van der Waals surface area contributed by atoms with Crippen molar-refractivity contribution in [3.63, 3.8) is 0 Å². The van der Waals surface area contributed by atoms with E-state index in [1.54, 1.807) is 12.1 Å². The molecule has 0 saturated heterocycles. The van der Waals surface area contributed by atoms with Gasteiger partial charge in [-0.25, -0.2) is 4.39 Å². The second kappa shape index (κ2) is 7.35. The first-order valence-electron chi connectivity index (χ1n) is 9.32. The van der Waals surface area contributed by atoms with Crippen LogP contribution in [0.1, 0.15) is 27.2 Å². The summed E-state index contributed by atoms with van der Waals surface area (Å²) in [5.74, 6) is -0.366. The molecule has 0 saturated carbocycles. The van der Waals surface area contributed by atoms with E-state index in [1.165, 1.54) is 6.07 Å². The molecule has 142 valence electrons. The lowest BCUT2D eigenvalue weighted by molar-refractivity contribution is 0.0954. The molecule has 0 aliphatic rings. The van der Waals surface area contributed by atoms with Crippen LogP contribution in [-0.4, -0.2) is 22.0 Å². The molecule has 4 nitrogen and oxygen atoms in total. The third-order valence-electron chi connectivity index (χ3n) is 5.10. The van der Waals surface area contributed by atoms with Gasteiger partial charge in [-0.05, 0) is 67.8 Å². The molecule has 28 heavy (non-hydrogen) atoms. The minimum absolute atomic E-state index is 0.116. The first-order valence-corrected chi connectivity index (χ1v) is 9.32. The Kier molecular flexibility index (Phi) is 4.74. The van der Waals surface area contributed by atoms with Crippen molar-refractivity contribution >= 4 is 16.8 Å². The predicted octanol–water partition coefficient (Wildman–Crippen LogP) is 4.69. The molecule has 0 aliphatic heterocycles. The van der Waals surface area contributed by atoms with Crippen LogP contribution in [-0.2, 0) is 6.42 Å². The van der Waals surface area contributed by atoms with Gasteiger partial charge in [0.15, 0.2) is 0 Å². The maximum Gasteiger partial charge on any atom is 0.251 e. The summed E-state index contributed by atoms with van der Waals surface area (Å²) >= 11 is 0. The molecule has 1 amide bonds. The van der Waals surface area contributed by atoms with Gasteiger partial charge in [-0.2, -0.15) is 0 Å². The quantitative estimate of drug-likeness (QED) is 0.522. The number of hydrogen-bond acceptors (Lipinski definition) is 1. The number of benzene rings is 2. The van der Waals surface area contributed by atoms with Crippen LogP contribution < -0.4 is 5.32 Å². The van der Waals surface area contributed by atoms with E-state index in [1.807, 2.05) is 61.1 Å². The number of amides is 1. The largest absolute Gasteiger partial charge is 0.356 e. The molecule has 4 aromatic rings. The van der Waals surface area contributed by atoms with E-state index in [9.17, 15) is 9.18 Å². The Labute approximate surface area is 163 Å². The van der Waals surface area contributed by atoms with Gasteiger partial charge in [0.2, 0.25) is 0 Å². The van der Waals surface area contributed by atoms with Gasteiger partial charge in [-0.1, -0.05) is 12.1 Å². The molecule has 2 N–H and O–H groups in total. The van der Waals surface area contributed by atoms with Gasteiger partial charge in [0, 0.05) is 41.3 Å². The summed E-state index contributed by atoms with van der Waals surface area (Å²) < 4.78 is 16.0. The fraction of sp³-hybridized carbons (Fsp3) is 0.174. The molecule has 4 rings (SSSR count). The first kappa shape index (κ1) is 18.0. The molecule has 0 aliphatic carbocycles. The average Bonchev–Trinajstić information content (AvgIpc) is 3.34. The number of carbonyl (C=O) groups is 1. The topological polar surface area (TPSA) is 49.8 Å². The molecule has 2 heterocycles. The highest BCUT2D eigenvalue weighted by molar-refractivity contribution is 5.95. The molecule has 0 bridgehead atoms. The number of nitrogens with zero attached hydrogens (tertiary/aromatic N) is 1. The molecule has 0 atom stereocenters. The minimum atomic E-state index is -0.249. The Bertz CT molecular complexity index is 1140. The van der Waals surface area contributed by atoms with Gasteiger partial charge in [0.25, 0.3) is 5.91 Å². The minimum Gasteiger partial charge on any atom is -0.356 e. The lowest BCUT2D eigenvalue weighted by Gasteiger charge is -2.09. The van der Waals surface area contributed by atoms with E-state index >= 15 is 0 Å². The number of H-pyrrole nitrogens is 1. The summed E-state index contributed by atoms with van der Waals surface area (Å²) in [6.45, 7) is 4.40. The molecular weight excluding hydrogens is 353 g/mol. The lowest BCUT2D eigenvalue weighted by atomic mass is 10.0. The highest BCUT2D eigenvalue weighted by atomic mass is 19.1. The fourth-order valence-corrected chi connectivity index (χ4v) is 3.67. The zero-order valence-electron chi connectivity index (χ0n) is 15.9. The molecule has 0 spiro atoms. The fourth-order valence-electron chi connectivity index (χ4n) is 3.67. The number of fused-ring (bicyclic) bond motifs is 1. The first-order chi connectivity index (χ1) is 13.5. The number of halogens is 1. The molecule has 5 heteroatoms. The van der Waals surface area contributed by atoms with Crippen LogP contribution in [0.5, 0.6) is 0 Å². The van der Waals surface area contributed by atoms with Crippen LogP contribution in [0.25, 0.3) is 16.6 Å². The zero-order chi connectivity index (χ0) is 19.7. The molecule has 2 aromatic carbocycles. The second-order valence-electron chi connectivity index (χ2n) is 6.99. The Morgan fingerprint density at radius 1 is 1.11 bits per heavy atom. The van der Waals surface area contributed by atoms with Gasteiger partial charge in [0.05, 0.1) is 5.52 Å². The lowest BCUT2D eigenvalue weighted by Crippen LogP contribution is -2.25. The van der Waals surface area contributed by atoms with Crippen molar-refractivity contribution in [1.29, 1.82) is 0 Å². The van der Waals surface area contributed by atoms with Gasteiger partial charge >= 0.3 is 0 Å². The normalized spacial score (nSPS) is 11.1. The highest BCUT2D eigenvalue weighted by Gasteiger charge is 2.14. The van der Waals surface area contributed by atoms with E-state index in [4.69, 9.17) is 0 Å². The van der Waals surface area contributed by atoms with Crippen LogP contribution in [0, 0.1) is 19.7 Å². The average molecular weight is 375 g/mol. The Balaban J connectivity index is 1.48. The maximum atomic E-state index is 14.1. The third-order valence-corrected chi connectivity index (χ3v) is 5.10. The van der Waals surface area contributed by atoms with E-state index in [-0.39, 0.29) is 11.7 Å². The van der Waals surface area contributed by atoms with E-state index in [0.29, 0.717) is 24.0 Å². The Morgan fingerprint density at radius 3 is 2.68 bits per heavy atom. The number of nitrogens with one attached hydrogen (secondary N) is 2. The monoisotopic (exact) mass is 375 g/mol. The van der Waals surface area contributed by atoms with Crippen molar-refractivity contribution in [1.82, 2.24) is 14.9 Å². The van der Waals surface area contributed by atoms with E-state index in [2.05, 4.69) is 10.3 Å². The summed E-state index contributed by atoms with van der Waals surface area (Å²) in [6, 6.07) is 14.7. The summed E-state index contributed by atoms with van der Waals surface area (Å²) in [6.07, 6.45) is 4.52. The zero-order valence-corrected chi connectivity index (χ0v) is 15.9. The number of rotatable bonds is 5. The van der Waals surface area contributed by atoms with Crippen LogP contribution in [0.15, 0.2) is 60.9 Å². The second-order valence-corrected chi connectivity index (χ2v) is 6.99. The predicted molar refractivity (Wildman–Crippen MR) is 110 cm³/mol. The van der Waals surface area contributed by atoms with Gasteiger partial charge in [-0.15, -0.1) is 0 Å². The highest BCUT2D eigenvalue weighted by Crippen LogP contribution is 2.27. The number of aromatic amines is 1. The molecule has 2 aromatic heterocycles. The third kappa shape index (κ3) is 3.31. The molecule has 0 unspecified atom stereocenters. The molecule has 0 fully saturated rings. The van der Waals surface area contributed by atoms with Crippen molar-refractivity contribution in [2.45, 2.75) is 20.3 Å². The molecular formula is C23H22FN3O. The summed E-state index contributed by atoms with van der Waals surface area (Å²) in [5.41, 5.74) is 5.11. The van der Waals surface area contributed by atoms with Crippen LogP contribution in [0.3, 0.4) is 0 Å². The standard InChI is InChI=1S/C23H22FN3O/c1-15-8-9-20(24)22-21(15)19(16(2)26-22)10-11-25-23(28)17-6-5-7-18(14-17)27-12-3-4-13-27/h3-9,12-14,26H,10-11H2,1-2H3,(H,25,28). The van der Waals surface area contributed by atoms with Crippen molar-refractivity contribution in [2.75, 3.05) is 6.54 Å². The van der Waals surface area contributed by atoms with Crippen molar-refractivity contribution in [3.8, 4) is 5.69 Å². The van der Waals surface area contributed by atoms with Crippen molar-refractivity contribution in [2.24, 2.45) is 0 Å². The van der Waals surface area contributed by atoms with Crippen LogP contribution in [0.2, 0.25) is 0 Å². The van der Waals surface area contributed by atoms with E-state index < -0.39 is 0 Å². The van der Waals surface area contributed by atoms with Crippen molar-refractivity contribution < 1.29 is 9.18 Å². The van der Waals surface area contributed by atoms with Gasteiger partial charge in [-0.3, -0.25) is 4.79 Å². The van der Waals surface area contributed by atoms with Gasteiger partial charge < -0.3 is 14.9 Å². The number of aromatic nitrogens is 2. The SMILES string of the molecule is Cc1[nH]c2c(F)ccc(C)c2c1CCNC(=O)c1cccc(-n2cccc2)c1. The van der Waals surface area contributed by atoms with E-state index in [0.717, 1.165) is 27.9 Å². The maximum absolute atomic E-state index is 14.1. The Morgan fingerprint density at radius 2 is 1.89 bits per heavy atom. The van der Waals surface area contributed by atoms with Crippen LogP contribution >= 0.6 is 0 Å².